The molecule has 0 amide bonds. The van der Waals surface area contributed by atoms with Gasteiger partial charge in [-0.2, -0.15) is 5.26 Å². The summed E-state index contributed by atoms with van der Waals surface area (Å²) in [7, 11) is 0. The van der Waals surface area contributed by atoms with E-state index in [0.717, 1.165) is 12.2 Å². The average Bonchev–Trinajstić information content (AvgIpc) is 3.07. The van der Waals surface area contributed by atoms with Crippen LogP contribution >= 0.6 is 11.6 Å². The highest BCUT2D eigenvalue weighted by Gasteiger charge is 2.30. The van der Waals surface area contributed by atoms with Crippen LogP contribution < -0.4 is 14.8 Å². The first-order valence-electron chi connectivity index (χ1n) is 9.36. The molecule has 0 spiro atoms. The molecule has 2 atom stereocenters. The van der Waals surface area contributed by atoms with Gasteiger partial charge in [0.2, 0.25) is 0 Å². The van der Waals surface area contributed by atoms with E-state index in [-0.39, 0.29) is 17.7 Å². The number of fused-ring (bicyclic) bond motifs is 1. The molecule has 2 N–H and O–H groups in total. The van der Waals surface area contributed by atoms with Gasteiger partial charge in [-0.25, -0.2) is 0 Å². The van der Waals surface area contributed by atoms with Gasteiger partial charge in [0.1, 0.15) is 35.8 Å². The summed E-state index contributed by atoms with van der Waals surface area (Å²) in [4.78, 5) is 0. The maximum absolute atomic E-state index is 10.3. The molecule has 2 aromatic rings. The van der Waals surface area contributed by atoms with Crippen molar-refractivity contribution in [3.8, 4) is 17.6 Å². The van der Waals surface area contributed by atoms with Crippen molar-refractivity contribution in [3.05, 3.63) is 58.6 Å². The van der Waals surface area contributed by atoms with E-state index in [2.05, 4.69) is 25.2 Å². The zero-order valence-electron chi connectivity index (χ0n) is 16.1. The number of halogens is 1. The van der Waals surface area contributed by atoms with Crippen LogP contribution in [0.2, 0.25) is 5.02 Å². The van der Waals surface area contributed by atoms with Crippen LogP contribution in [-0.2, 0) is 0 Å². The molecule has 1 aliphatic heterocycles. The van der Waals surface area contributed by atoms with E-state index in [1.807, 2.05) is 24.3 Å². The highest BCUT2D eigenvalue weighted by molar-refractivity contribution is 6.31. The monoisotopic (exact) mass is 400 g/mol. The number of rotatable bonds is 8. The smallest absolute Gasteiger partial charge is 0.138 e. The molecule has 0 aromatic heterocycles. The lowest BCUT2D eigenvalue weighted by Crippen LogP contribution is -2.45. The number of benzene rings is 2. The molecule has 3 rings (SSSR count). The zero-order chi connectivity index (χ0) is 20.1. The number of nitrogens with zero attached hydrogens (tertiary/aromatic N) is 1. The molecular formula is C22H25ClN2O3. The van der Waals surface area contributed by atoms with Gasteiger partial charge in [-0.05, 0) is 38.5 Å². The van der Waals surface area contributed by atoms with Gasteiger partial charge in [-0.1, -0.05) is 35.9 Å². The van der Waals surface area contributed by atoms with Gasteiger partial charge in [0.05, 0.1) is 11.6 Å². The van der Waals surface area contributed by atoms with Crippen molar-refractivity contribution in [2.75, 3.05) is 19.8 Å². The van der Waals surface area contributed by atoms with Crippen molar-refractivity contribution in [2.45, 2.75) is 37.8 Å². The average molecular weight is 401 g/mol. The highest BCUT2D eigenvalue weighted by Crippen LogP contribution is 2.38. The highest BCUT2D eigenvalue weighted by atomic mass is 35.5. The van der Waals surface area contributed by atoms with Gasteiger partial charge in [-0.15, -0.1) is 0 Å². The van der Waals surface area contributed by atoms with Crippen molar-refractivity contribution >= 4 is 11.6 Å². The minimum absolute atomic E-state index is 0.0769. The van der Waals surface area contributed by atoms with E-state index in [4.69, 9.17) is 21.1 Å². The molecule has 0 aliphatic carbocycles. The fraction of sp³-hybridized carbons (Fsp3) is 0.409. The minimum atomic E-state index is -0.711. The third-order valence-corrected chi connectivity index (χ3v) is 5.21. The van der Waals surface area contributed by atoms with Crippen LogP contribution in [0.3, 0.4) is 0 Å². The Bertz CT molecular complexity index is 863. The molecule has 5 nitrogen and oxygen atoms in total. The van der Waals surface area contributed by atoms with Gasteiger partial charge in [-0.3, -0.25) is 0 Å². The predicted octanol–water partition coefficient (Wildman–Crippen LogP) is 3.89. The number of β-amino-alcohol motifs (C(OH)–C–C–N with tert-alkyl or cyclic N) is 1. The molecule has 1 aliphatic rings. The lowest BCUT2D eigenvalue weighted by atomic mass is 9.87. The van der Waals surface area contributed by atoms with E-state index in [1.165, 1.54) is 5.56 Å². The number of nitriles is 1. The Balaban J connectivity index is 1.49. The van der Waals surface area contributed by atoms with Crippen LogP contribution in [-0.4, -0.2) is 36.5 Å². The van der Waals surface area contributed by atoms with Crippen LogP contribution in [0.5, 0.6) is 11.5 Å². The second kappa shape index (κ2) is 8.83. The first-order chi connectivity index (χ1) is 13.4. The van der Waals surface area contributed by atoms with Crippen LogP contribution in [0.15, 0.2) is 42.5 Å². The van der Waals surface area contributed by atoms with Gasteiger partial charge >= 0.3 is 0 Å². The number of aliphatic hydroxyl groups is 1. The summed E-state index contributed by atoms with van der Waals surface area (Å²) in [5.74, 6) is 1.68. The largest absolute Gasteiger partial charge is 0.493 e. The van der Waals surface area contributed by atoms with E-state index < -0.39 is 6.10 Å². The summed E-state index contributed by atoms with van der Waals surface area (Å²) < 4.78 is 11.4. The fourth-order valence-corrected chi connectivity index (χ4v) is 3.67. The van der Waals surface area contributed by atoms with Gasteiger partial charge in [0, 0.05) is 23.6 Å². The number of aliphatic hydroxyl groups excluding tert-OH is 1. The molecule has 1 heterocycles. The quantitative estimate of drug-likeness (QED) is 0.703. The molecule has 0 fully saturated rings. The van der Waals surface area contributed by atoms with Gasteiger partial charge < -0.3 is 19.9 Å². The molecule has 28 heavy (non-hydrogen) atoms. The summed E-state index contributed by atoms with van der Waals surface area (Å²) in [6, 6.07) is 15.2. The van der Waals surface area contributed by atoms with Crippen molar-refractivity contribution in [3.63, 3.8) is 0 Å². The molecule has 6 heteroatoms. The minimum Gasteiger partial charge on any atom is -0.493 e. The third kappa shape index (κ3) is 4.96. The second-order valence-corrected chi connectivity index (χ2v) is 8.11. The number of para-hydroxylation sites is 1. The summed E-state index contributed by atoms with van der Waals surface area (Å²) >= 11 is 6.00. The molecule has 0 saturated heterocycles. The van der Waals surface area contributed by atoms with Crippen molar-refractivity contribution in [2.24, 2.45) is 0 Å². The van der Waals surface area contributed by atoms with Crippen molar-refractivity contribution < 1.29 is 14.6 Å². The molecule has 0 radical (unpaired) electrons. The van der Waals surface area contributed by atoms with Gasteiger partial charge in [0.15, 0.2) is 0 Å². The Morgan fingerprint density at radius 1 is 1.32 bits per heavy atom. The Kier molecular flexibility index (Phi) is 6.46. The molecule has 2 aromatic carbocycles. The van der Waals surface area contributed by atoms with E-state index in [9.17, 15) is 10.4 Å². The van der Waals surface area contributed by atoms with Crippen LogP contribution in [0, 0.1) is 11.3 Å². The number of hydrogen-bond donors (Lipinski definition) is 2. The van der Waals surface area contributed by atoms with Gasteiger partial charge in [0.25, 0.3) is 0 Å². The van der Waals surface area contributed by atoms with Crippen LogP contribution in [0.1, 0.15) is 37.3 Å². The molecule has 1 unspecified atom stereocenters. The Hall–Kier alpha value is -2.26. The van der Waals surface area contributed by atoms with Crippen LogP contribution in [0.25, 0.3) is 0 Å². The lowest BCUT2D eigenvalue weighted by Gasteiger charge is -2.30. The fourth-order valence-electron chi connectivity index (χ4n) is 3.46. The third-order valence-electron chi connectivity index (χ3n) is 4.89. The predicted molar refractivity (Wildman–Crippen MR) is 109 cm³/mol. The summed E-state index contributed by atoms with van der Waals surface area (Å²) in [6.45, 7) is 5.37. The maximum atomic E-state index is 10.3. The van der Waals surface area contributed by atoms with E-state index in [0.29, 0.717) is 29.8 Å². The number of nitrogens with one attached hydrogen (secondary N) is 1. The Morgan fingerprint density at radius 2 is 2.11 bits per heavy atom. The normalized spacial score (nSPS) is 16.8. The summed E-state index contributed by atoms with van der Waals surface area (Å²) in [6.07, 6.45) is 0.182. The number of hydrogen-bond acceptors (Lipinski definition) is 5. The SMILES string of the molecule is CC(C)(CC1COc2ccccc21)NC[C@@H](O)COc1cccc(Cl)c1C#N. The first kappa shape index (κ1) is 20.5. The maximum Gasteiger partial charge on any atom is 0.138 e. The second-order valence-electron chi connectivity index (χ2n) is 7.70. The van der Waals surface area contributed by atoms with Crippen molar-refractivity contribution in [1.29, 1.82) is 5.26 Å². The Labute approximate surface area is 170 Å². The summed E-state index contributed by atoms with van der Waals surface area (Å²) in [5.41, 5.74) is 1.34. The zero-order valence-corrected chi connectivity index (χ0v) is 16.9. The van der Waals surface area contributed by atoms with Crippen LogP contribution in [0.4, 0.5) is 0 Å². The molecule has 0 bridgehead atoms. The number of ether oxygens (including phenoxy) is 2. The van der Waals surface area contributed by atoms with E-state index >= 15 is 0 Å². The van der Waals surface area contributed by atoms with E-state index in [1.54, 1.807) is 18.2 Å². The molecule has 148 valence electrons. The molecular weight excluding hydrogens is 376 g/mol. The Morgan fingerprint density at radius 3 is 2.89 bits per heavy atom. The standard InChI is InChI=1S/C22H25ClN2O3/c1-22(2,10-15-13-27-20-8-4-3-6-17(15)20)25-12-16(26)14-28-21-9-5-7-19(23)18(21)11-24/h3-9,15-16,25-26H,10,12-14H2,1-2H3/t15?,16-/m1/s1. The topological polar surface area (TPSA) is 74.5 Å². The molecule has 0 saturated carbocycles. The van der Waals surface area contributed by atoms with Crippen molar-refractivity contribution in [1.82, 2.24) is 5.32 Å². The first-order valence-corrected chi connectivity index (χ1v) is 9.73. The lowest BCUT2D eigenvalue weighted by molar-refractivity contribution is 0.0970. The summed E-state index contributed by atoms with van der Waals surface area (Å²) in [5, 5.41) is 23.2.